The highest BCUT2D eigenvalue weighted by molar-refractivity contribution is 14.0. The van der Waals surface area contributed by atoms with Gasteiger partial charge in [0, 0.05) is 51.3 Å². The SMILES string of the molecule is CN=C(NCC1CCCOC1c1ccc(C)cc1)NCC(C)(C)N1CC(C)OC(C)C1.I. The number of aliphatic imine (C=N–C) groups is 1. The molecular weight excluding hydrogens is 515 g/mol. The van der Waals surface area contributed by atoms with E-state index in [2.05, 4.69) is 79.4 Å². The van der Waals surface area contributed by atoms with E-state index in [1.54, 1.807) is 0 Å². The van der Waals surface area contributed by atoms with Crippen LogP contribution in [0.1, 0.15) is 57.8 Å². The van der Waals surface area contributed by atoms with Gasteiger partial charge >= 0.3 is 0 Å². The molecule has 1 aromatic rings. The monoisotopic (exact) mass is 558 g/mol. The topological polar surface area (TPSA) is 58.1 Å². The van der Waals surface area contributed by atoms with Crippen molar-refractivity contribution in [2.45, 2.75) is 71.3 Å². The molecule has 4 atom stereocenters. The number of nitrogens with one attached hydrogen (secondary N) is 2. The Kier molecular flexibility index (Phi) is 10.7. The minimum Gasteiger partial charge on any atom is -0.373 e. The highest BCUT2D eigenvalue weighted by Crippen LogP contribution is 2.33. The van der Waals surface area contributed by atoms with Crippen LogP contribution in [0.15, 0.2) is 29.3 Å². The summed E-state index contributed by atoms with van der Waals surface area (Å²) in [4.78, 5) is 6.99. The average molecular weight is 559 g/mol. The van der Waals surface area contributed by atoms with Gasteiger partial charge in [0.2, 0.25) is 0 Å². The van der Waals surface area contributed by atoms with E-state index in [0.29, 0.717) is 5.92 Å². The Balaban J connectivity index is 0.00000363. The van der Waals surface area contributed by atoms with E-state index in [1.807, 2.05) is 7.05 Å². The zero-order valence-corrected chi connectivity index (χ0v) is 23.0. The zero-order valence-electron chi connectivity index (χ0n) is 20.7. The van der Waals surface area contributed by atoms with Gasteiger partial charge in [-0.05, 0) is 53.0 Å². The normalized spacial score (nSPS) is 27.5. The zero-order chi connectivity index (χ0) is 22.4. The van der Waals surface area contributed by atoms with Crippen LogP contribution in [0.3, 0.4) is 0 Å². The Morgan fingerprint density at radius 3 is 2.41 bits per heavy atom. The highest BCUT2D eigenvalue weighted by Gasteiger charge is 2.33. The second-order valence-corrected chi connectivity index (χ2v) is 9.89. The third-order valence-corrected chi connectivity index (χ3v) is 6.57. The molecule has 0 bridgehead atoms. The molecule has 0 spiro atoms. The molecule has 2 aliphatic rings. The van der Waals surface area contributed by atoms with Crippen molar-refractivity contribution in [3.8, 4) is 0 Å². The van der Waals surface area contributed by atoms with E-state index in [1.165, 1.54) is 11.1 Å². The first-order valence-corrected chi connectivity index (χ1v) is 11.8. The van der Waals surface area contributed by atoms with Gasteiger partial charge < -0.3 is 20.1 Å². The summed E-state index contributed by atoms with van der Waals surface area (Å²) in [6, 6.07) is 8.76. The minimum absolute atomic E-state index is 0. The van der Waals surface area contributed by atoms with Gasteiger partial charge in [0.25, 0.3) is 0 Å². The maximum absolute atomic E-state index is 6.18. The number of halogens is 1. The third kappa shape index (κ3) is 7.57. The third-order valence-electron chi connectivity index (χ3n) is 6.57. The van der Waals surface area contributed by atoms with Crippen molar-refractivity contribution in [2.24, 2.45) is 10.9 Å². The second kappa shape index (κ2) is 12.5. The fraction of sp³-hybridized carbons (Fsp3) is 0.720. The van der Waals surface area contributed by atoms with Crippen LogP contribution in [-0.2, 0) is 9.47 Å². The molecule has 0 radical (unpaired) electrons. The maximum Gasteiger partial charge on any atom is 0.191 e. The van der Waals surface area contributed by atoms with Crippen molar-refractivity contribution in [2.75, 3.05) is 39.8 Å². The minimum atomic E-state index is 0. The number of rotatable bonds is 6. The summed E-state index contributed by atoms with van der Waals surface area (Å²) in [5.41, 5.74) is 2.57. The molecule has 7 heteroatoms. The molecule has 0 aromatic heterocycles. The van der Waals surface area contributed by atoms with Crippen LogP contribution in [-0.4, -0.2) is 68.4 Å². The molecule has 2 N–H and O–H groups in total. The molecule has 2 aliphatic heterocycles. The van der Waals surface area contributed by atoms with Crippen LogP contribution in [0.5, 0.6) is 0 Å². The molecule has 2 saturated heterocycles. The Labute approximate surface area is 211 Å². The van der Waals surface area contributed by atoms with Crippen molar-refractivity contribution < 1.29 is 9.47 Å². The first-order chi connectivity index (χ1) is 14.8. The fourth-order valence-electron chi connectivity index (χ4n) is 4.71. The van der Waals surface area contributed by atoms with E-state index in [-0.39, 0.29) is 47.8 Å². The van der Waals surface area contributed by atoms with Gasteiger partial charge in [0.15, 0.2) is 5.96 Å². The van der Waals surface area contributed by atoms with Crippen LogP contribution < -0.4 is 10.6 Å². The Bertz CT molecular complexity index is 715. The molecule has 32 heavy (non-hydrogen) atoms. The second-order valence-electron chi connectivity index (χ2n) is 9.89. The van der Waals surface area contributed by atoms with E-state index >= 15 is 0 Å². The lowest BCUT2D eigenvalue weighted by Gasteiger charge is -2.45. The Morgan fingerprint density at radius 2 is 1.78 bits per heavy atom. The number of ether oxygens (including phenoxy) is 2. The van der Waals surface area contributed by atoms with Gasteiger partial charge in [-0.3, -0.25) is 9.89 Å². The summed E-state index contributed by atoms with van der Waals surface area (Å²) >= 11 is 0. The number of guanidine groups is 1. The standard InChI is InChI=1S/C25H42N4O2.HI/c1-18-9-11-21(12-10-18)23-22(8-7-13-30-23)14-27-24(26-6)28-17-25(4,5)29-15-19(2)31-20(3)16-29;/h9-12,19-20,22-23H,7-8,13-17H2,1-6H3,(H2,26,27,28);1H. The van der Waals surface area contributed by atoms with Gasteiger partial charge in [-0.25, -0.2) is 0 Å². The molecule has 2 heterocycles. The van der Waals surface area contributed by atoms with Gasteiger partial charge in [0.1, 0.15) is 0 Å². The van der Waals surface area contributed by atoms with Crippen LogP contribution in [0.4, 0.5) is 0 Å². The highest BCUT2D eigenvalue weighted by atomic mass is 127. The van der Waals surface area contributed by atoms with Crippen LogP contribution in [0.2, 0.25) is 0 Å². The molecule has 3 rings (SSSR count). The summed E-state index contributed by atoms with van der Waals surface area (Å²) in [5, 5.41) is 7.11. The van der Waals surface area contributed by atoms with Crippen molar-refractivity contribution >= 4 is 29.9 Å². The first kappa shape index (κ1) is 27.3. The van der Waals surface area contributed by atoms with Crippen LogP contribution in [0, 0.1) is 12.8 Å². The average Bonchev–Trinajstić information content (AvgIpc) is 2.74. The van der Waals surface area contributed by atoms with E-state index in [4.69, 9.17) is 9.47 Å². The molecule has 0 amide bonds. The Morgan fingerprint density at radius 1 is 1.12 bits per heavy atom. The van der Waals surface area contributed by atoms with Gasteiger partial charge in [-0.2, -0.15) is 0 Å². The van der Waals surface area contributed by atoms with Gasteiger partial charge in [-0.15, -0.1) is 24.0 Å². The number of hydrogen-bond donors (Lipinski definition) is 2. The lowest BCUT2D eigenvalue weighted by Crippen LogP contribution is -2.59. The fourth-order valence-corrected chi connectivity index (χ4v) is 4.71. The smallest absolute Gasteiger partial charge is 0.191 e. The summed E-state index contributed by atoms with van der Waals surface area (Å²) in [5.74, 6) is 1.29. The quantitative estimate of drug-likeness (QED) is 0.313. The molecule has 2 fully saturated rings. The van der Waals surface area contributed by atoms with E-state index in [0.717, 1.165) is 51.6 Å². The summed E-state index contributed by atoms with van der Waals surface area (Å²) in [6.07, 6.45) is 2.96. The van der Waals surface area contributed by atoms with Gasteiger partial charge in [0.05, 0.1) is 18.3 Å². The molecule has 4 unspecified atom stereocenters. The number of nitrogens with zero attached hydrogens (tertiary/aromatic N) is 2. The number of hydrogen-bond acceptors (Lipinski definition) is 4. The first-order valence-electron chi connectivity index (χ1n) is 11.8. The van der Waals surface area contributed by atoms with Crippen molar-refractivity contribution in [3.63, 3.8) is 0 Å². The van der Waals surface area contributed by atoms with Crippen LogP contribution in [0.25, 0.3) is 0 Å². The van der Waals surface area contributed by atoms with Crippen molar-refractivity contribution in [1.29, 1.82) is 0 Å². The lowest BCUT2D eigenvalue weighted by molar-refractivity contribution is -0.0946. The van der Waals surface area contributed by atoms with Crippen molar-refractivity contribution in [1.82, 2.24) is 15.5 Å². The largest absolute Gasteiger partial charge is 0.373 e. The Hall–Kier alpha value is -0.900. The molecular formula is C25H43IN4O2. The summed E-state index contributed by atoms with van der Waals surface area (Å²) in [6.45, 7) is 15.5. The van der Waals surface area contributed by atoms with Crippen molar-refractivity contribution in [3.05, 3.63) is 35.4 Å². The molecule has 0 aliphatic carbocycles. The number of aryl methyl sites for hydroxylation is 1. The number of benzene rings is 1. The van der Waals surface area contributed by atoms with E-state index < -0.39 is 0 Å². The van der Waals surface area contributed by atoms with Crippen LogP contribution >= 0.6 is 24.0 Å². The van der Waals surface area contributed by atoms with Gasteiger partial charge in [-0.1, -0.05) is 29.8 Å². The number of morpholine rings is 1. The predicted octanol–water partition coefficient (Wildman–Crippen LogP) is 4.13. The summed E-state index contributed by atoms with van der Waals surface area (Å²) < 4.78 is 12.1. The molecule has 0 saturated carbocycles. The molecule has 1 aromatic carbocycles. The maximum atomic E-state index is 6.18. The predicted molar refractivity (Wildman–Crippen MR) is 143 cm³/mol. The lowest BCUT2D eigenvalue weighted by atomic mass is 9.89. The van der Waals surface area contributed by atoms with E-state index in [9.17, 15) is 0 Å². The molecule has 6 nitrogen and oxygen atoms in total. The molecule has 182 valence electrons. The summed E-state index contributed by atoms with van der Waals surface area (Å²) in [7, 11) is 1.84.